The number of amides is 1. The molecule has 142 valence electrons. The molecule has 5 nitrogen and oxygen atoms in total. The van der Waals surface area contributed by atoms with E-state index in [-0.39, 0.29) is 40.8 Å². The molecule has 1 N–H and O–H groups in total. The third-order valence-corrected chi connectivity index (χ3v) is 5.32. The summed E-state index contributed by atoms with van der Waals surface area (Å²) in [6, 6.07) is 19.9. The van der Waals surface area contributed by atoms with Crippen molar-refractivity contribution in [1.29, 1.82) is 0 Å². The van der Waals surface area contributed by atoms with Gasteiger partial charge in [0, 0.05) is 28.4 Å². The van der Waals surface area contributed by atoms with E-state index in [0.29, 0.717) is 5.56 Å². The molecule has 1 amide bonds. The number of nitrogens with zero attached hydrogens (tertiary/aromatic N) is 1. The van der Waals surface area contributed by atoms with Crippen LogP contribution in [0.25, 0.3) is 21.6 Å². The fourth-order valence-corrected chi connectivity index (χ4v) is 3.69. The van der Waals surface area contributed by atoms with E-state index in [1.54, 1.807) is 24.4 Å². The number of nitrogens with one attached hydrogen (secondary N) is 1. The quantitative estimate of drug-likeness (QED) is 0.489. The second-order valence-corrected chi connectivity index (χ2v) is 7.26. The topological polar surface area (TPSA) is 82.1 Å². The molecular formula is C23H15N2NaO3S. The molecule has 2 aromatic heterocycles. The van der Waals surface area contributed by atoms with Gasteiger partial charge in [0.2, 0.25) is 0 Å². The normalized spacial score (nSPS) is 10.1. The number of pyridine rings is 1. The Bertz CT molecular complexity index is 1180. The standard InChI is InChI=1S/C23H16N2O3S.Na/c26-22(18-11-17(13-24-14-18)15-5-2-1-3-6-15)25-20-12-16(21-7-4-10-29-21)8-9-19(20)23(27)28;/h1-14H,(H,25,26)(H,27,28);/q;+1/p-1. The van der Waals surface area contributed by atoms with Crippen molar-refractivity contribution >= 4 is 28.9 Å². The number of carbonyl (C=O) groups excluding carboxylic acids is 2. The molecule has 0 aliphatic heterocycles. The van der Waals surface area contributed by atoms with Crippen LogP contribution in [0.3, 0.4) is 0 Å². The number of anilines is 1. The predicted molar refractivity (Wildman–Crippen MR) is 112 cm³/mol. The Morgan fingerprint density at radius 2 is 1.67 bits per heavy atom. The van der Waals surface area contributed by atoms with E-state index < -0.39 is 11.9 Å². The first-order chi connectivity index (χ1) is 14.1. The molecule has 7 heteroatoms. The van der Waals surface area contributed by atoms with Crippen LogP contribution < -0.4 is 40.0 Å². The van der Waals surface area contributed by atoms with Gasteiger partial charge in [-0.25, -0.2) is 0 Å². The van der Waals surface area contributed by atoms with Gasteiger partial charge in [-0.2, -0.15) is 0 Å². The van der Waals surface area contributed by atoms with Gasteiger partial charge in [0.05, 0.1) is 17.2 Å². The number of hydrogen-bond donors (Lipinski definition) is 1. The maximum Gasteiger partial charge on any atom is 1.00 e. The smallest absolute Gasteiger partial charge is 0.545 e. The van der Waals surface area contributed by atoms with Gasteiger partial charge < -0.3 is 15.2 Å². The van der Waals surface area contributed by atoms with Crippen LogP contribution in [0, 0.1) is 0 Å². The molecule has 0 bridgehead atoms. The van der Waals surface area contributed by atoms with Crippen molar-refractivity contribution in [1.82, 2.24) is 4.98 Å². The summed E-state index contributed by atoms with van der Waals surface area (Å²) in [7, 11) is 0. The summed E-state index contributed by atoms with van der Waals surface area (Å²) in [5.41, 5.74) is 2.99. The average Bonchev–Trinajstić information content (AvgIpc) is 3.29. The molecule has 30 heavy (non-hydrogen) atoms. The number of aromatic carboxylic acids is 1. The van der Waals surface area contributed by atoms with Crippen LogP contribution in [-0.4, -0.2) is 16.9 Å². The first-order valence-corrected chi connectivity index (χ1v) is 9.71. The monoisotopic (exact) mass is 422 g/mol. The van der Waals surface area contributed by atoms with Gasteiger partial charge in [-0.1, -0.05) is 48.5 Å². The molecular weight excluding hydrogens is 407 g/mol. The van der Waals surface area contributed by atoms with Crippen LogP contribution >= 0.6 is 11.3 Å². The summed E-state index contributed by atoms with van der Waals surface area (Å²) in [6.07, 6.45) is 3.12. The molecule has 0 spiro atoms. The average molecular weight is 422 g/mol. The second kappa shape index (κ2) is 9.82. The molecule has 0 saturated heterocycles. The summed E-state index contributed by atoms with van der Waals surface area (Å²) in [6.45, 7) is 0. The van der Waals surface area contributed by atoms with Crippen molar-refractivity contribution in [2.75, 3.05) is 5.32 Å². The number of thiophene rings is 1. The maximum atomic E-state index is 12.8. The third-order valence-electron chi connectivity index (χ3n) is 4.40. The van der Waals surface area contributed by atoms with Gasteiger partial charge in [-0.3, -0.25) is 9.78 Å². The summed E-state index contributed by atoms with van der Waals surface area (Å²) in [5.74, 6) is -1.80. The molecule has 0 atom stereocenters. The van der Waals surface area contributed by atoms with Crippen molar-refractivity contribution in [2.24, 2.45) is 0 Å². The number of carbonyl (C=O) groups is 2. The Kier molecular flexibility index (Phi) is 7.18. The molecule has 0 aliphatic rings. The van der Waals surface area contributed by atoms with E-state index in [2.05, 4.69) is 10.3 Å². The molecule has 4 aromatic rings. The Morgan fingerprint density at radius 1 is 0.867 bits per heavy atom. The maximum absolute atomic E-state index is 12.8. The summed E-state index contributed by atoms with van der Waals surface area (Å²) < 4.78 is 0. The van der Waals surface area contributed by atoms with Gasteiger partial charge in [0.15, 0.2) is 0 Å². The first kappa shape index (κ1) is 21.9. The van der Waals surface area contributed by atoms with Crippen molar-refractivity contribution in [3.05, 3.63) is 95.6 Å². The largest absolute Gasteiger partial charge is 1.00 e. The van der Waals surface area contributed by atoms with Crippen LogP contribution in [0.1, 0.15) is 20.7 Å². The van der Waals surface area contributed by atoms with Gasteiger partial charge in [0.25, 0.3) is 5.91 Å². The van der Waals surface area contributed by atoms with Crippen LogP contribution in [0.2, 0.25) is 0 Å². The molecule has 2 heterocycles. The van der Waals surface area contributed by atoms with Crippen LogP contribution in [0.15, 0.2) is 84.5 Å². The van der Waals surface area contributed by atoms with Crippen LogP contribution in [0.4, 0.5) is 5.69 Å². The predicted octanol–water partition coefficient (Wildman–Crippen LogP) is 1.10. The van der Waals surface area contributed by atoms with Crippen molar-refractivity contribution in [2.45, 2.75) is 0 Å². The number of benzene rings is 2. The molecule has 0 saturated carbocycles. The van der Waals surface area contributed by atoms with Crippen molar-refractivity contribution in [3.63, 3.8) is 0 Å². The minimum atomic E-state index is -1.35. The molecule has 0 radical (unpaired) electrons. The zero-order valence-electron chi connectivity index (χ0n) is 16.2. The Balaban J connectivity index is 0.00000256. The zero-order chi connectivity index (χ0) is 20.2. The number of carboxylic acids is 1. The molecule has 2 aromatic carbocycles. The fraction of sp³-hybridized carbons (Fsp3) is 0. The van der Waals surface area contributed by atoms with Gasteiger partial charge >= 0.3 is 29.6 Å². The Labute approximate surface area is 199 Å². The molecule has 0 fully saturated rings. The van der Waals surface area contributed by atoms with Crippen LogP contribution in [-0.2, 0) is 0 Å². The van der Waals surface area contributed by atoms with Gasteiger partial charge in [0.1, 0.15) is 0 Å². The molecule has 4 rings (SSSR count). The second-order valence-electron chi connectivity index (χ2n) is 6.31. The summed E-state index contributed by atoms with van der Waals surface area (Å²) >= 11 is 1.53. The van der Waals surface area contributed by atoms with Gasteiger partial charge in [-0.05, 0) is 34.7 Å². The van der Waals surface area contributed by atoms with Crippen molar-refractivity contribution < 1.29 is 44.3 Å². The SMILES string of the molecule is O=C(Nc1cc(-c2cccs2)ccc1C(=O)[O-])c1cncc(-c2ccccc2)c1.[Na+]. The van der Waals surface area contributed by atoms with E-state index >= 15 is 0 Å². The number of rotatable bonds is 5. The Hall–Kier alpha value is -2.77. The van der Waals surface area contributed by atoms with E-state index in [4.69, 9.17) is 0 Å². The van der Waals surface area contributed by atoms with E-state index in [0.717, 1.165) is 21.6 Å². The first-order valence-electron chi connectivity index (χ1n) is 8.83. The van der Waals surface area contributed by atoms with E-state index in [1.165, 1.54) is 23.6 Å². The summed E-state index contributed by atoms with van der Waals surface area (Å²) in [4.78, 5) is 29.4. The van der Waals surface area contributed by atoms with Gasteiger partial charge in [-0.15, -0.1) is 11.3 Å². The minimum absolute atomic E-state index is 0. The molecule has 0 aliphatic carbocycles. The van der Waals surface area contributed by atoms with Crippen molar-refractivity contribution in [3.8, 4) is 21.6 Å². The van der Waals surface area contributed by atoms with E-state index in [9.17, 15) is 14.7 Å². The van der Waals surface area contributed by atoms with Crippen LogP contribution in [0.5, 0.6) is 0 Å². The summed E-state index contributed by atoms with van der Waals surface area (Å²) in [5, 5.41) is 16.1. The minimum Gasteiger partial charge on any atom is -0.545 e. The van der Waals surface area contributed by atoms with E-state index in [1.807, 2.05) is 47.8 Å². The number of hydrogen-bond acceptors (Lipinski definition) is 5. The third kappa shape index (κ3) is 4.86. The fourth-order valence-electron chi connectivity index (χ4n) is 2.97. The zero-order valence-corrected chi connectivity index (χ0v) is 19.0. The number of aromatic nitrogens is 1. The molecule has 0 unspecified atom stereocenters. The number of carboxylic acid groups (broad SMARTS) is 1. The Morgan fingerprint density at radius 3 is 2.37 bits per heavy atom.